The zero-order valence-electron chi connectivity index (χ0n) is 24.9. The molecular formula is C34H39N5O3. The summed E-state index contributed by atoms with van der Waals surface area (Å²) in [5.41, 5.74) is 6.13. The summed E-state index contributed by atoms with van der Waals surface area (Å²) < 4.78 is 5.52. The Morgan fingerprint density at radius 2 is 1.76 bits per heavy atom. The van der Waals surface area contributed by atoms with E-state index in [9.17, 15) is 9.59 Å². The van der Waals surface area contributed by atoms with Crippen LogP contribution >= 0.6 is 0 Å². The zero-order chi connectivity index (χ0) is 29.6. The van der Waals surface area contributed by atoms with Crippen LogP contribution in [0, 0.1) is 6.92 Å². The van der Waals surface area contributed by atoms with Crippen LogP contribution in [0.15, 0.2) is 77.6 Å². The SMILES string of the molecule is CC(=O)N1CCCN(Cc2ccccc2)CCN(C(=O)c2c(C(C)C)noc2C)Cc2cc(-c3cccnc3)ccc21. The lowest BCUT2D eigenvalue weighted by molar-refractivity contribution is -0.116. The Kier molecular flexibility index (Phi) is 9.12. The van der Waals surface area contributed by atoms with Crippen LogP contribution in [0.25, 0.3) is 11.1 Å². The molecular weight excluding hydrogens is 526 g/mol. The van der Waals surface area contributed by atoms with E-state index in [1.807, 2.05) is 72.3 Å². The molecule has 2 aromatic heterocycles. The van der Waals surface area contributed by atoms with Crippen molar-refractivity contribution < 1.29 is 14.1 Å². The van der Waals surface area contributed by atoms with Gasteiger partial charge in [0, 0.05) is 64.3 Å². The van der Waals surface area contributed by atoms with E-state index in [4.69, 9.17) is 4.52 Å². The third kappa shape index (κ3) is 6.60. The molecule has 0 saturated heterocycles. The van der Waals surface area contributed by atoms with Gasteiger partial charge in [-0.05, 0) is 59.7 Å². The van der Waals surface area contributed by atoms with Crippen molar-refractivity contribution in [2.75, 3.05) is 31.1 Å². The maximum absolute atomic E-state index is 14.3. The number of pyridine rings is 1. The fourth-order valence-electron chi connectivity index (χ4n) is 5.62. The minimum Gasteiger partial charge on any atom is -0.361 e. The first-order chi connectivity index (χ1) is 20.3. The van der Waals surface area contributed by atoms with Crippen molar-refractivity contribution >= 4 is 17.5 Å². The summed E-state index contributed by atoms with van der Waals surface area (Å²) in [6.07, 6.45) is 4.39. The lowest BCUT2D eigenvalue weighted by atomic mass is 10.0. The van der Waals surface area contributed by atoms with E-state index in [-0.39, 0.29) is 17.7 Å². The van der Waals surface area contributed by atoms with Crippen LogP contribution < -0.4 is 4.90 Å². The number of hydrogen-bond acceptors (Lipinski definition) is 6. The topological polar surface area (TPSA) is 82.8 Å². The maximum atomic E-state index is 14.3. The van der Waals surface area contributed by atoms with Gasteiger partial charge >= 0.3 is 0 Å². The number of aromatic nitrogens is 2. The molecule has 0 aliphatic carbocycles. The van der Waals surface area contributed by atoms with E-state index in [0.29, 0.717) is 43.2 Å². The van der Waals surface area contributed by atoms with Crippen LogP contribution in [-0.2, 0) is 17.9 Å². The number of anilines is 1. The van der Waals surface area contributed by atoms with Crippen LogP contribution in [0.5, 0.6) is 0 Å². The summed E-state index contributed by atoms with van der Waals surface area (Å²) in [4.78, 5) is 37.7. The molecule has 0 radical (unpaired) electrons. The summed E-state index contributed by atoms with van der Waals surface area (Å²) in [6.45, 7) is 11.2. The van der Waals surface area contributed by atoms with Gasteiger partial charge in [0.1, 0.15) is 11.3 Å². The first-order valence-corrected chi connectivity index (χ1v) is 14.6. The van der Waals surface area contributed by atoms with Gasteiger partial charge in [0.15, 0.2) is 0 Å². The number of fused-ring (bicyclic) bond motifs is 1. The van der Waals surface area contributed by atoms with Gasteiger partial charge in [-0.25, -0.2) is 0 Å². The van der Waals surface area contributed by atoms with Crippen LogP contribution in [0.4, 0.5) is 5.69 Å². The summed E-state index contributed by atoms with van der Waals surface area (Å²) in [6, 6.07) is 20.4. The van der Waals surface area contributed by atoms with Crippen LogP contribution in [-0.4, -0.2) is 57.9 Å². The third-order valence-corrected chi connectivity index (χ3v) is 7.83. The number of rotatable bonds is 5. The number of nitrogens with zero attached hydrogens (tertiary/aromatic N) is 5. The van der Waals surface area contributed by atoms with Gasteiger partial charge in [-0.2, -0.15) is 0 Å². The lowest BCUT2D eigenvalue weighted by Gasteiger charge is -2.28. The predicted octanol–water partition coefficient (Wildman–Crippen LogP) is 6.07. The molecule has 0 fully saturated rings. The van der Waals surface area contributed by atoms with E-state index in [1.165, 1.54) is 5.56 Å². The highest BCUT2D eigenvalue weighted by molar-refractivity contribution is 5.97. The number of benzene rings is 2. The number of carbonyl (C=O) groups excluding carboxylic acids is 2. The average molecular weight is 566 g/mol. The number of aryl methyl sites for hydroxylation is 1. The van der Waals surface area contributed by atoms with Gasteiger partial charge in [-0.15, -0.1) is 0 Å². The Hall–Kier alpha value is -4.30. The third-order valence-electron chi connectivity index (χ3n) is 7.83. The number of hydrogen-bond donors (Lipinski definition) is 0. The minimum absolute atomic E-state index is 0.0194. The standard InChI is InChI=1S/C34H39N5O3/c1-24(2)33-32(25(3)42-36-33)34(41)38-19-18-37(22-27-10-6-5-7-11-27)16-9-17-39(26(4)40)31-14-13-28(20-30(31)23-38)29-12-8-15-35-21-29/h5-8,10-15,20-21,24H,9,16-19,22-23H2,1-4H3. The van der Waals surface area contributed by atoms with Crippen molar-refractivity contribution in [3.8, 4) is 11.1 Å². The zero-order valence-corrected chi connectivity index (χ0v) is 24.9. The molecule has 2 aromatic carbocycles. The second kappa shape index (κ2) is 13.1. The fraction of sp³-hybridized carbons (Fsp3) is 0.353. The second-order valence-corrected chi connectivity index (χ2v) is 11.3. The summed E-state index contributed by atoms with van der Waals surface area (Å²) >= 11 is 0. The average Bonchev–Trinajstić information content (AvgIpc) is 3.37. The quantitative estimate of drug-likeness (QED) is 0.292. The summed E-state index contributed by atoms with van der Waals surface area (Å²) in [5.74, 6) is 0.434. The molecule has 0 bridgehead atoms. The molecule has 1 aliphatic heterocycles. The van der Waals surface area contributed by atoms with E-state index < -0.39 is 0 Å². The molecule has 218 valence electrons. The van der Waals surface area contributed by atoms with Gasteiger partial charge in [0.25, 0.3) is 5.91 Å². The molecule has 1 aliphatic rings. The predicted molar refractivity (Wildman–Crippen MR) is 164 cm³/mol. The second-order valence-electron chi connectivity index (χ2n) is 11.3. The monoisotopic (exact) mass is 565 g/mol. The molecule has 8 nitrogen and oxygen atoms in total. The van der Waals surface area contributed by atoms with Gasteiger partial charge in [0.05, 0.1) is 5.69 Å². The Morgan fingerprint density at radius 3 is 2.48 bits per heavy atom. The molecule has 4 aromatic rings. The molecule has 2 amide bonds. The van der Waals surface area contributed by atoms with E-state index in [0.717, 1.165) is 41.9 Å². The van der Waals surface area contributed by atoms with E-state index in [2.05, 4.69) is 33.2 Å². The molecule has 0 unspecified atom stereocenters. The normalized spacial score (nSPS) is 14.9. The highest BCUT2D eigenvalue weighted by atomic mass is 16.5. The van der Waals surface area contributed by atoms with E-state index in [1.54, 1.807) is 20.0 Å². The van der Waals surface area contributed by atoms with Crippen LogP contribution in [0.3, 0.4) is 0 Å². The molecule has 3 heterocycles. The molecule has 0 spiro atoms. The molecule has 42 heavy (non-hydrogen) atoms. The Bertz CT molecular complexity index is 1520. The minimum atomic E-state index is -0.108. The smallest absolute Gasteiger partial charge is 0.259 e. The fourth-order valence-corrected chi connectivity index (χ4v) is 5.62. The number of carbonyl (C=O) groups is 2. The van der Waals surface area contributed by atoms with Crippen LogP contribution in [0.1, 0.15) is 66.0 Å². The van der Waals surface area contributed by atoms with Crippen molar-refractivity contribution in [2.45, 2.75) is 53.1 Å². The highest BCUT2D eigenvalue weighted by Crippen LogP contribution is 2.31. The van der Waals surface area contributed by atoms with Crippen molar-refractivity contribution in [3.63, 3.8) is 0 Å². The van der Waals surface area contributed by atoms with Crippen molar-refractivity contribution in [1.29, 1.82) is 0 Å². The van der Waals surface area contributed by atoms with Gasteiger partial charge < -0.3 is 14.3 Å². The Morgan fingerprint density at radius 1 is 0.952 bits per heavy atom. The largest absolute Gasteiger partial charge is 0.361 e. The Balaban J connectivity index is 1.57. The van der Waals surface area contributed by atoms with Gasteiger partial charge in [-0.1, -0.05) is 61.5 Å². The molecule has 0 saturated carbocycles. The summed E-state index contributed by atoms with van der Waals surface area (Å²) in [5, 5.41) is 4.23. The van der Waals surface area contributed by atoms with Crippen molar-refractivity contribution in [1.82, 2.24) is 19.9 Å². The molecule has 0 atom stereocenters. The molecule has 0 N–H and O–H groups in total. The number of amides is 2. The highest BCUT2D eigenvalue weighted by Gasteiger charge is 2.29. The maximum Gasteiger partial charge on any atom is 0.259 e. The summed E-state index contributed by atoms with van der Waals surface area (Å²) in [7, 11) is 0. The first-order valence-electron chi connectivity index (χ1n) is 14.6. The van der Waals surface area contributed by atoms with Gasteiger partial charge in [0.2, 0.25) is 5.91 Å². The molecule has 5 rings (SSSR count). The Labute approximate surface area is 247 Å². The van der Waals surface area contributed by atoms with E-state index >= 15 is 0 Å². The van der Waals surface area contributed by atoms with Crippen LogP contribution in [0.2, 0.25) is 0 Å². The van der Waals surface area contributed by atoms with Crippen molar-refractivity contribution in [3.05, 3.63) is 101 Å². The molecule has 8 heteroatoms. The van der Waals surface area contributed by atoms with Gasteiger partial charge in [-0.3, -0.25) is 19.5 Å². The lowest BCUT2D eigenvalue weighted by Crippen LogP contribution is -2.39. The van der Waals surface area contributed by atoms with Crippen molar-refractivity contribution in [2.24, 2.45) is 0 Å². The first kappa shape index (κ1) is 29.2.